The first-order valence-corrected chi connectivity index (χ1v) is 11.3. The SMILES string of the molecule is CSc1nc(C2CC2)cc(C(=O)OC(C)C(=O)NCC(=O)Nc2ccc(F)c(F)c2F)c1C#N. The lowest BCUT2D eigenvalue weighted by atomic mass is 10.1. The van der Waals surface area contributed by atoms with E-state index in [-0.39, 0.29) is 17.0 Å². The number of nitrogens with one attached hydrogen (secondary N) is 2. The number of benzene rings is 1. The van der Waals surface area contributed by atoms with Crippen LogP contribution in [0.25, 0.3) is 0 Å². The highest BCUT2D eigenvalue weighted by atomic mass is 32.2. The third-order valence-corrected chi connectivity index (χ3v) is 5.59. The summed E-state index contributed by atoms with van der Waals surface area (Å²) in [6.45, 7) is 0.616. The van der Waals surface area contributed by atoms with Crippen LogP contribution in [0, 0.1) is 28.8 Å². The fourth-order valence-corrected chi connectivity index (χ4v) is 3.51. The second-order valence-corrected chi connectivity index (χ2v) is 8.20. The summed E-state index contributed by atoms with van der Waals surface area (Å²) >= 11 is 1.21. The quantitative estimate of drug-likeness (QED) is 0.330. The molecule has 1 heterocycles. The maximum absolute atomic E-state index is 13.6. The van der Waals surface area contributed by atoms with E-state index in [9.17, 15) is 32.8 Å². The molecule has 8 nitrogen and oxygen atoms in total. The van der Waals surface area contributed by atoms with Crippen LogP contribution in [0.3, 0.4) is 0 Å². The number of amides is 2. The normalized spacial score (nSPS) is 13.5. The van der Waals surface area contributed by atoms with Gasteiger partial charge in [-0.1, -0.05) is 0 Å². The van der Waals surface area contributed by atoms with Crippen LogP contribution in [0.1, 0.15) is 47.3 Å². The molecule has 0 spiro atoms. The molecule has 1 unspecified atom stereocenters. The fourth-order valence-electron chi connectivity index (χ4n) is 2.95. The zero-order valence-corrected chi connectivity index (χ0v) is 18.9. The number of esters is 1. The molecule has 0 saturated heterocycles. The van der Waals surface area contributed by atoms with Crippen LogP contribution in [0.4, 0.5) is 18.9 Å². The summed E-state index contributed by atoms with van der Waals surface area (Å²) in [6.07, 6.45) is 2.25. The van der Waals surface area contributed by atoms with Crippen molar-refractivity contribution in [1.82, 2.24) is 10.3 Å². The van der Waals surface area contributed by atoms with Crippen LogP contribution < -0.4 is 10.6 Å². The van der Waals surface area contributed by atoms with E-state index in [4.69, 9.17) is 4.74 Å². The van der Waals surface area contributed by atoms with E-state index < -0.39 is 53.6 Å². The molecule has 178 valence electrons. The minimum Gasteiger partial charge on any atom is -0.449 e. The lowest BCUT2D eigenvalue weighted by Gasteiger charge is -2.15. The Labute approximate surface area is 196 Å². The van der Waals surface area contributed by atoms with Crippen LogP contribution >= 0.6 is 11.8 Å². The maximum Gasteiger partial charge on any atom is 0.340 e. The third-order valence-electron chi connectivity index (χ3n) is 4.91. The smallest absolute Gasteiger partial charge is 0.340 e. The molecule has 12 heteroatoms. The summed E-state index contributed by atoms with van der Waals surface area (Å²) in [5, 5.41) is 14.1. The van der Waals surface area contributed by atoms with E-state index in [1.54, 1.807) is 6.26 Å². The average Bonchev–Trinajstić information content (AvgIpc) is 3.67. The van der Waals surface area contributed by atoms with Gasteiger partial charge in [0.25, 0.3) is 5.91 Å². The van der Waals surface area contributed by atoms with Crippen molar-refractivity contribution < 1.29 is 32.3 Å². The Morgan fingerprint density at radius 1 is 1.26 bits per heavy atom. The molecular formula is C22H19F3N4O4S. The van der Waals surface area contributed by atoms with Crippen LogP contribution in [0.15, 0.2) is 23.2 Å². The van der Waals surface area contributed by atoms with Gasteiger partial charge in [0.1, 0.15) is 11.1 Å². The summed E-state index contributed by atoms with van der Waals surface area (Å²) < 4.78 is 45.0. The maximum atomic E-state index is 13.6. The Morgan fingerprint density at radius 3 is 2.59 bits per heavy atom. The molecule has 0 bridgehead atoms. The van der Waals surface area contributed by atoms with Crippen molar-refractivity contribution >= 4 is 35.2 Å². The van der Waals surface area contributed by atoms with Gasteiger partial charge in [0.05, 0.1) is 23.4 Å². The monoisotopic (exact) mass is 492 g/mol. The Balaban J connectivity index is 1.61. The number of anilines is 1. The van der Waals surface area contributed by atoms with Crippen molar-refractivity contribution in [3.8, 4) is 6.07 Å². The van der Waals surface area contributed by atoms with E-state index in [0.29, 0.717) is 16.8 Å². The van der Waals surface area contributed by atoms with Crippen molar-refractivity contribution in [2.45, 2.75) is 36.8 Å². The van der Waals surface area contributed by atoms with Crippen LogP contribution in [0.5, 0.6) is 0 Å². The van der Waals surface area contributed by atoms with E-state index in [1.165, 1.54) is 24.8 Å². The number of hydrogen-bond acceptors (Lipinski definition) is 7. The number of carbonyl (C=O) groups is 3. The van der Waals surface area contributed by atoms with Gasteiger partial charge in [-0.25, -0.2) is 22.9 Å². The average molecular weight is 492 g/mol. The first-order chi connectivity index (χ1) is 16.2. The highest BCUT2D eigenvalue weighted by Gasteiger charge is 2.30. The van der Waals surface area contributed by atoms with Gasteiger partial charge in [-0.05, 0) is 44.2 Å². The van der Waals surface area contributed by atoms with Crippen molar-refractivity contribution in [3.05, 3.63) is 52.5 Å². The number of rotatable bonds is 8. The molecule has 0 aliphatic heterocycles. The lowest BCUT2D eigenvalue weighted by Crippen LogP contribution is -2.40. The zero-order valence-electron chi connectivity index (χ0n) is 18.1. The second kappa shape index (κ2) is 10.6. The molecule has 34 heavy (non-hydrogen) atoms. The predicted molar refractivity (Wildman–Crippen MR) is 116 cm³/mol. The number of thioether (sulfide) groups is 1. The highest BCUT2D eigenvalue weighted by molar-refractivity contribution is 7.98. The number of aromatic nitrogens is 1. The van der Waals surface area contributed by atoms with Crippen molar-refractivity contribution in [2.24, 2.45) is 0 Å². The number of hydrogen-bond donors (Lipinski definition) is 2. The Hall–Kier alpha value is -3.59. The molecule has 1 atom stereocenters. The largest absolute Gasteiger partial charge is 0.449 e. The number of nitrogens with zero attached hydrogens (tertiary/aromatic N) is 2. The van der Waals surface area contributed by atoms with Gasteiger partial charge in [0.15, 0.2) is 23.6 Å². The number of halogens is 3. The van der Waals surface area contributed by atoms with Gasteiger partial charge in [0.2, 0.25) is 5.91 Å². The van der Waals surface area contributed by atoms with E-state index >= 15 is 0 Å². The molecule has 1 aliphatic rings. The van der Waals surface area contributed by atoms with Gasteiger partial charge in [0, 0.05) is 11.6 Å². The summed E-state index contributed by atoms with van der Waals surface area (Å²) in [4.78, 5) is 41.3. The molecule has 2 N–H and O–H groups in total. The summed E-state index contributed by atoms with van der Waals surface area (Å²) in [6, 6.07) is 4.90. The van der Waals surface area contributed by atoms with E-state index in [0.717, 1.165) is 18.9 Å². The van der Waals surface area contributed by atoms with Gasteiger partial charge >= 0.3 is 5.97 Å². The van der Waals surface area contributed by atoms with E-state index in [2.05, 4.69) is 10.3 Å². The Kier molecular flexibility index (Phi) is 7.78. The summed E-state index contributed by atoms with van der Waals surface area (Å²) in [7, 11) is 0. The predicted octanol–water partition coefficient (Wildman–Crippen LogP) is 3.27. The van der Waals surface area contributed by atoms with Crippen LogP contribution in [-0.4, -0.2) is 41.7 Å². The molecule has 1 aromatic heterocycles. The van der Waals surface area contributed by atoms with Gasteiger partial charge in [-0.3, -0.25) is 9.59 Å². The molecule has 1 saturated carbocycles. The third kappa shape index (κ3) is 5.66. The van der Waals surface area contributed by atoms with Gasteiger partial charge in [-0.15, -0.1) is 11.8 Å². The number of pyridine rings is 1. The van der Waals surface area contributed by atoms with Gasteiger partial charge in [-0.2, -0.15) is 5.26 Å². The van der Waals surface area contributed by atoms with E-state index in [1.807, 2.05) is 11.4 Å². The zero-order chi connectivity index (χ0) is 25.0. The molecule has 1 aliphatic carbocycles. The summed E-state index contributed by atoms with van der Waals surface area (Å²) in [5.41, 5.74) is 0.112. The highest BCUT2D eigenvalue weighted by Crippen LogP contribution is 2.40. The minimum absolute atomic E-state index is 0.00467. The Bertz CT molecular complexity index is 1200. The first kappa shape index (κ1) is 25.0. The summed E-state index contributed by atoms with van der Waals surface area (Å²) in [5.74, 6) is -7.18. The standard InChI is InChI=1S/C22H19F3N4O4S/c1-10(20(31)27-9-17(30)28-15-6-5-14(23)18(24)19(15)25)33-22(32)12-7-16(11-3-4-11)29-21(34-2)13(12)8-26/h5-7,10-11H,3-4,9H2,1-2H3,(H,27,31)(H,28,30). The van der Waals surface area contributed by atoms with Crippen LogP contribution in [0.2, 0.25) is 0 Å². The van der Waals surface area contributed by atoms with Crippen molar-refractivity contribution in [3.63, 3.8) is 0 Å². The van der Waals surface area contributed by atoms with Crippen molar-refractivity contribution in [1.29, 1.82) is 5.26 Å². The van der Waals surface area contributed by atoms with Crippen molar-refractivity contribution in [2.75, 3.05) is 18.1 Å². The van der Waals surface area contributed by atoms with Crippen LogP contribution in [-0.2, 0) is 14.3 Å². The number of carbonyl (C=O) groups excluding carboxylic acids is 3. The first-order valence-electron chi connectivity index (χ1n) is 10.1. The van der Waals surface area contributed by atoms with Gasteiger partial charge < -0.3 is 15.4 Å². The molecule has 0 radical (unpaired) electrons. The second-order valence-electron chi connectivity index (χ2n) is 7.40. The lowest BCUT2D eigenvalue weighted by molar-refractivity contribution is -0.130. The topological polar surface area (TPSA) is 121 Å². The minimum atomic E-state index is -1.75. The molecule has 2 aromatic rings. The Morgan fingerprint density at radius 2 is 1.97 bits per heavy atom. The molecular weight excluding hydrogens is 473 g/mol. The molecule has 2 amide bonds. The molecule has 1 aromatic carbocycles. The molecule has 3 rings (SSSR count). The fraction of sp³-hybridized carbons (Fsp3) is 0.318. The number of ether oxygens (including phenoxy) is 1. The number of nitriles is 1. The molecule has 1 fully saturated rings.